The molecule has 29 heavy (non-hydrogen) atoms. The first-order valence-corrected chi connectivity index (χ1v) is 10.9. The molecule has 1 atom stereocenters. The number of sulfonamides is 1. The molecule has 154 valence electrons. The van der Waals surface area contributed by atoms with Crippen LogP contribution in [0.15, 0.2) is 48.5 Å². The van der Waals surface area contributed by atoms with Crippen molar-refractivity contribution < 1.29 is 17.9 Å². The van der Waals surface area contributed by atoms with Crippen LogP contribution >= 0.6 is 0 Å². The van der Waals surface area contributed by atoms with E-state index < -0.39 is 27.7 Å². The molecule has 1 heterocycles. The number of carbonyl (C=O) groups is 1. The molecule has 0 saturated carbocycles. The van der Waals surface area contributed by atoms with E-state index in [1.807, 2.05) is 38.1 Å². The number of imidazole rings is 1. The molecule has 0 saturated heterocycles. The number of anilines is 1. The van der Waals surface area contributed by atoms with Crippen LogP contribution in [0.1, 0.15) is 32.6 Å². The molecule has 0 radical (unpaired) electrons. The summed E-state index contributed by atoms with van der Waals surface area (Å²) < 4.78 is 32.5. The maximum atomic E-state index is 12.3. The molecule has 9 heteroatoms. The smallest absolute Gasteiger partial charge is 0.241 e. The molecule has 0 spiro atoms. The number of hydrogen-bond acceptors (Lipinski definition) is 5. The predicted molar refractivity (Wildman–Crippen MR) is 112 cm³/mol. The van der Waals surface area contributed by atoms with Crippen molar-refractivity contribution in [2.45, 2.75) is 32.9 Å². The second-order valence-electron chi connectivity index (χ2n) is 6.98. The minimum absolute atomic E-state index is 0.0231. The molecular formula is C20H24N4O4S. The number of amides is 1. The second-order valence-corrected chi connectivity index (χ2v) is 8.70. The van der Waals surface area contributed by atoms with Crippen LogP contribution < -0.4 is 14.8 Å². The quantitative estimate of drug-likeness (QED) is 0.522. The third kappa shape index (κ3) is 5.71. The highest BCUT2D eigenvalue weighted by Crippen LogP contribution is 2.18. The van der Waals surface area contributed by atoms with Gasteiger partial charge < -0.3 is 15.0 Å². The van der Waals surface area contributed by atoms with Gasteiger partial charge in [-0.05, 0) is 57.2 Å². The summed E-state index contributed by atoms with van der Waals surface area (Å²) in [5, 5.41) is 2.66. The molecule has 3 N–H and O–H groups in total. The van der Waals surface area contributed by atoms with Crippen LogP contribution in [0.25, 0.3) is 11.0 Å². The summed E-state index contributed by atoms with van der Waals surface area (Å²) in [6.45, 7) is 5.55. The summed E-state index contributed by atoms with van der Waals surface area (Å²) in [4.78, 5) is 19.8. The second kappa shape index (κ2) is 8.52. The van der Waals surface area contributed by atoms with Crippen LogP contribution in [-0.2, 0) is 14.8 Å². The zero-order valence-corrected chi connectivity index (χ0v) is 17.3. The average Bonchev–Trinajstić information content (AvgIpc) is 3.06. The number of H-pyrrole nitrogens is 1. The van der Waals surface area contributed by atoms with E-state index in [4.69, 9.17) is 4.74 Å². The lowest BCUT2D eigenvalue weighted by molar-refractivity contribution is -0.119. The summed E-state index contributed by atoms with van der Waals surface area (Å²) >= 11 is 0. The maximum absolute atomic E-state index is 12.3. The van der Waals surface area contributed by atoms with Crippen molar-refractivity contribution in [3.05, 3.63) is 54.4 Å². The van der Waals surface area contributed by atoms with Gasteiger partial charge in [0.15, 0.2) is 0 Å². The minimum Gasteiger partial charge on any atom is -0.491 e. The van der Waals surface area contributed by atoms with Crippen molar-refractivity contribution in [2.24, 2.45) is 0 Å². The Balaban J connectivity index is 1.58. The molecule has 8 nitrogen and oxygen atoms in total. The predicted octanol–water partition coefficient (Wildman–Crippen LogP) is 2.97. The Bertz CT molecular complexity index is 1060. The number of nitrogens with one attached hydrogen (secondary N) is 3. The normalized spacial score (nSPS) is 12.7. The number of rotatable bonds is 8. The number of aromatic nitrogens is 2. The number of fused-ring (bicyclic) bond motifs is 1. The van der Waals surface area contributed by atoms with Gasteiger partial charge in [-0.25, -0.2) is 13.4 Å². The molecular weight excluding hydrogens is 392 g/mol. The van der Waals surface area contributed by atoms with Crippen LogP contribution in [0.2, 0.25) is 0 Å². The van der Waals surface area contributed by atoms with Crippen LogP contribution in [0.3, 0.4) is 0 Å². The number of para-hydroxylation sites is 2. The lowest BCUT2D eigenvalue weighted by Crippen LogP contribution is -2.34. The number of aromatic amines is 1. The van der Waals surface area contributed by atoms with Crippen molar-refractivity contribution in [2.75, 3.05) is 10.5 Å². The molecule has 1 amide bonds. The SMILES string of the molecule is CC(C)Oc1ccc(NS(=O)(=O)CC(=O)NC(C)c2nc3ccccc3[nH]2)cc1. The molecule has 0 bridgehead atoms. The first kappa shape index (κ1) is 20.7. The molecule has 3 rings (SSSR count). The lowest BCUT2D eigenvalue weighted by Gasteiger charge is -2.13. The average molecular weight is 417 g/mol. The van der Waals surface area contributed by atoms with E-state index in [2.05, 4.69) is 20.0 Å². The van der Waals surface area contributed by atoms with E-state index in [1.54, 1.807) is 31.2 Å². The van der Waals surface area contributed by atoms with Gasteiger partial charge in [0, 0.05) is 5.69 Å². The summed E-state index contributed by atoms with van der Waals surface area (Å²) in [5.41, 5.74) is 1.99. The Morgan fingerprint density at radius 2 is 1.79 bits per heavy atom. The standard InChI is InChI=1S/C20H24N4O4S/c1-13(2)28-16-10-8-15(9-11-16)24-29(26,27)12-19(25)21-14(3)20-22-17-6-4-5-7-18(17)23-20/h4-11,13-14,24H,12H2,1-3H3,(H,21,25)(H,22,23). The zero-order chi connectivity index (χ0) is 21.0. The van der Waals surface area contributed by atoms with E-state index in [-0.39, 0.29) is 6.10 Å². The number of nitrogens with zero attached hydrogens (tertiary/aromatic N) is 1. The zero-order valence-electron chi connectivity index (χ0n) is 16.5. The summed E-state index contributed by atoms with van der Waals surface area (Å²) in [7, 11) is -3.86. The third-order valence-corrected chi connectivity index (χ3v) is 5.20. The van der Waals surface area contributed by atoms with E-state index in [9.17, 15) is 13.2 Å². The van der Waals surface area contributed by atoms with Crippen LogP contribution in [0.5, 0.6) is 5.75 Å². The maximum Gasteiger partial charge on any atom is 0.241 e. The van der Waals surface area contributed by atoms with Gasteiger partial charge in [-0.3, -0.25) is 9.52 Å². The topological polar surface area (TPSA) is 113 Å². The fourth-order valence-corrected chi connectivity index (χ4v) is 3.79. The lowest BCUT2D eigenvalue weighted by atomic mass is 10.3. The van der Waals surface area contributed by atoms with Crippen molar-refractivity contribution >= 4 is 32.7 Å². The fourth-order valence-electron chi connectivity index (χ4n) is 2.79. The molecule has 0 aliphatic carbocycles. The largest absolute Gasteiger partial charge is 0.491 e. The fraction of sp³-hybridized carbons (Fsp3) is 0.300. The van der Waals surface area contributed by atoms with Crippen LogP contribution in [0, 0.1) is 0 Å². The Morgan fingerprint density at radius 1 is 1.10 bits per heavy atom. The first-order chi connectivity index (χ1) is 13.7. The number of ether oxygens (including phenoxy) is 1. The van der Waals surface area contributed by atoms with Gasteiger partial charge in [-0.1, -0.05) is 12.1 Å². The summed E-state index contributed by atoms with van der Waals surface area (Å²) in [6, 6.07) is 13.5. The molecule has 2 aromatic carbocycles. The van der Waals surface area contributed by atoms with Gasteiger partial charge in [0.25, 0.3) is 0 Å². The van der Waals surface area contributed by atoms with Crippen LogP contribution in [-0.4, -0.2) is 36.1 Å². The van der Waals surface area contributed by atoms with Crippen molar-refractivity contribution in [1.82, 2.24) is 15.3 Å². The first-order valence-electron chi connectivity index (χ1n) is 9.23. The molecule has 1 unspecified atom stereocenters. The Morgan fingerprint density at radius 3 is 2.45 bits per heavy atom. The van der Waals surface area contributed by atoms with Crippen molar-refractivity contribution in [1.29, 1.82) is 0 Å². The van der Waals surface area contributed by atoms with Gasteiger partial charge in [0.2, 0.25) is 15.9 Å². The highest BCUT2D eigenvalue weighted by molar-refractivity contribution is 7.93. The number of benzene rings is 2. The van der Waals surface area contributed by atoms with Gasteiger partial charge in [-0.2, -0.15) is 0 Å². The molecule has 3 aromatic rings. The van der Waals surface area contributed by atoms with Crippen molar-refractivity contribution in [3.63, 3.8) is 0 Å². The molecule has 1 aromatic heterocycles. The van der Waals surface area contributed by atoms with Crippen LogP contribution in [0.4, 0.5) is 5.69 Å². The minimum atomic E-state index is -3.86. The van der Waals surface area contributed by atoms with E-state index in [1.165, 1.54) is 0 Å². The molecule has 0 fully saturated rings. The molecule has 0 aliphatic rings. The Labute approximate surface area is 169 Å². The summed E-state index contributed by atoms with van der Waals surface area (Å²) in [5.74, 6) is -0.113. The summed E-state index contributed by atoms with van der Waals surface area (Å²) in [6.07, 6.45) is 0.0231. The van der Waals surface area contributed by atoms with Crippen molar-refractivity contribution in [3.8, 4) is 5.75 Å². The van der Waals surface area contributed by atoms with Gasteiger partial charge in [0.1, 0.15) is 17.3 Å². The Kier molecular flexibility index (Phi) is 6.07. The number of hydrogen-bond donors (Lipinski definition) is 3. The highest BCUT2D eigenvalue weighted by Gasteiger charge is 2.20. The highest BCUT2D eigenvalue weighted by atomic mass is 32.2. The third-order valence-electron chi connectivity index (χ3n) is 4.02. The number of carbonyl (C=O) groups excluding carboxylic acids is 1. The Hall–Kier alpha value is -3.07. The van der Waals surface area contributed by atoms with Gasteiger partial charge in [-0.15, -0.1) is 0 Å². The van der Waals surface area contributed by atoms with E-state index >= 15 is 0 Å². The molecule has 0 aliphatic heterocycles. The van der Waals surface area contributed by atoms with E-state index in [0.717, 1.165) is 11.0 Å². The van der Waals surface area contributed by atoms with E-state index in [0.29, 0.717) is 17.3 Å². The van der Waals surface area contributed by atoms with Gasteiger partial charge in [0.05, 0.1) is 23.2 Å². The monoisotopic (exact) mass is 416 g/mol. The van der Waals surface area contributed by atoms with Gasteiger partial charge >= 0.3 is 0 Å².